The van der Waals surface area contributed by atoms with E-state index in [9.17, 15) is 15.2 Å². The van der Waals surface area contributed by atoms with E-state index in [-0.39, 0.29) is 29.9 Å². The fourth-order valence-corrected chi connectivity index (χ4v) is 2.26. The monoisotopic (exact) mass is 352 g/mol. The van der Waals surface area contributed by atoms with Crippen molar-refractivity contribution in [3.63, 3.8) is 0 Å². The molecule has 0 aromatic heterocycles. The number of hydrogen-bond donors (Lipinski definition) is 2. The second-order valence-corrected chi connectivity index (χ2v) is 5.14. The quantitative estimate of drug-likeness (QED) is 0.458. The Kier molecular flexibility index (Phi) is 7.97. The van der Waals surface area contributed by atoms with Gasteiger partial charge in [0.2, 0.25) is 0 Å². The van der Waals surface area contributed by atoms with E-state index in [2.05, 4.69) is 22.9 Å². The molecule has 7 heteroatoms. The van der Waals surface area contributed by atoms with Crippen LogP contribution in [0.2, 0.25) is 0 Å². The number of unbranched alkanes of at least 4 members (excludes halogenated alkanes) is 2. The van der Waals surface area contributed by atoms with Gasteiger partial charge in [-0.1, -0.05) is 42.1 Å². The number of benzene rings is 1. The van der Waals surface area contributed by atoms with Crippen molar-refractivity contribution in [2.24, 2.45) is 5.73 Å². The van der Waals surface area contributed by atoms with Gasteiger partial charge in [0, 0.05) is 22.1 Å². The fourth-order valence-electron chi connectivity index (χ4n) is 1.80. The van der Waals surface area contributed by atoms with Crippen LogP contribution in [0.1, 0.15) is 44.2 Å². The van der Waals surface area contributed by atoms with Crippen molar-refractivity contribution in [3.8, 4) is 5.75 Å². The SMILES string of the molecule is CCCCC[C@@H](N)c1cc(Br)cc([N+](=O)[O-])c1O.Cl. The smallest absolute Gasteiger partial charge is 0.312 e. The Morgan fingerprint density at radius 2 is 2.11 bits per heavy atom. The average molecular weight is 354 g/mol. The van der Waals surface area contributed by atoms with Crippen LogP contribution in [0.25, 0.3) is 0 Å². The van der Waals surface area contributed by atoms with Gasteiger partial charge in [-0.3, -0.25) is 10.1 Å². The van der Waals surface area contributed by atoms with Crippen LogP contribution in [0.4, 0.5) is 5.69 Å². The van der Waals surface area contributed by atoms with Gasteiger partial charge in [-0.2, -0.15) is 0 Å². The molecule has 0 aliphatic heterocycles. The van der Waals surface area contributed by atoms with Gasteiger partial charge in [-0.15, -0.1) is 12.4 Å². The Bertz CT molecular complexity index is 443. The molecule has 0 amide bonds. The van der Waals surface area contributed by atoms with Crippen molar-refractivity contribution in [2.75, 3.05) is 0 Å². The molecular weight excluding hydrogens is 336 g/mol. The van der Waals surface area contributed by atoms with Crippen molar-refractivity contribution in [1.29, 1.82) is 0 Å². The van der Waals surface area contributed by atoms with E-state index in [1.807, 2.05) is 0 Å². The molecule has 3 N–H and O–H groups in total. The van der Waals surface area contributed by atoms with Gasteiger partial charge < -0.3 is 10.8 Å². The molecule has 0 fully saturated rings. The van der Waals surface area contributed by atoms with Crippen molar-refractivity contribution in [2.45, 2.75) is 38.6 Å². The number of rotatable bonds is 6. The summed E-state index contributed by atoms with van der Waals surface area (Å²) < 4.78 is 0.549. The van der Waals surface area contributed by atoms with Gasteiger partial charge in [0.1, 0.15) is 0 Å². The lowest BCUT2D eigenvalue weighted by atomic mass is 10.00. The highest BCUT2D eigenvalue weighted by Gasteiger charge is 2.21. The number of phenols is 1. The molecule has 0 aliphatic rings. The highest BCUT2D eigenvalue weighted by molar-refractivity contribution is 9.10. The first-order valence-corrected chi connectivity index (χ1v) is 6.69. The summed E-state index contributed by atoms with van der Waals surface area (Å²) >= 11 is 3.19. The lowest BCUT2D eigenvalue weighted by Crippen LogP contribution is -2.11. The molecule has 0 unspecified atom stereocenters. The van der Waals surface area contributed by atoms with E-state index in [1.165, 1.54) is 6.07 Å². The maximum Gasteiger partial charge on any atom is 0.312 e. The van der Waals surface area contributed by atoms with E-state index in [1.54, 1.807) is 6.07 Å². The third-order valence-corrected chi connectivity index (χ3v) is 3.26. The molecule has 108 valence electrons. The molecule has 0 radical (unpaired) electrons. The number of hydrogen-bond acceptors (Lipinski definition) is 4. The second kappa shape index (κ2) is 8.35. The molecule has 1 atom stereocenters. The number of nitrogens with two attached hydrogens (primary N) is 1. The lowest BCUT2D eigenvalue weighted by Gasteiger charge is -2.14. The van der Waals surface area contributed by atoms with E-state index >= 15 is 0 Å². The third-order valence-electron chi connectivity index (χ3n) is 2.80. The van der Waals surface area contributed by atoms with Gasteiger partial charge in [0.05, 0.1) is 4.92 Å². The first kappa shape index (κ1) is 18.1. The number of phenolic OH excluding ortho intramolecular Hbond substituents is 1. The van der Waals surface area contributed by atoms with Crippen molar-refractivity contribution in [1.82, 2.24) is 0 Å². The Morgan fingerprint density at radius 1 is 1.47 bits per heavy atom. The summed E-state index contributed by atoms with van der Waals surface area (Å²) in [7, 11) is 0. The van der Waals surface area contributed by atoms with E-state index in [0.717, 1.165) is 19.3 Å². The Hall–Kier alpha value is -0.850. The summed E-state index contributed by atoms with van der Waals surface area (Å²) in [4.78, 5) is 10.2. The molecule has 0 saturated heterocycles. The zero-order chi connectivity index (χ0) is 13.7. The van der Waals surface area contributed by atoms with Gasteiger partial charge >= 0.3 is 5.69 Å². The molecule has 1 rings (SSSR count). The first-order chi connectivity index (χ1) is 8.47. The molecule has 0 bridgehead atoms. The van der Waals surface area contributed by atoms with Crippen LogP contribution in [0.5, 0.6) is 5.75 Å². The largest absolute Gasteiger partial charge is 0.502 e. The Labute approximate surface area is 126 Å². The number of halogens is 2. The van der Waals surface area contributed by atoms with Gasteiger partial charge in [0.15, 0.2) is 5.75 Å². The molecule has 0 spiro atoms. The van der Waals surface area contributed by atoms with Crippen molar-refractivity contribution < 1.29 is 10.0 Å². The van der Waals surface area contributed by atoms with Crippen LogP contribution in [0.15, 0.2) is 16.6 Å². The maximum atomic E-state index is 10.8. The van der Waals surface area contributed by atoms with Gasteiger partial charge in [-0.25, -0.2) is 0 Å². The molecule has 0 saturated carbocycles. The van der Waals surface area contributed by atoms with E-state index in [0.29, 0.717) is 16.5 Å². The van der Waals surface area contributed by atoms with E-state index < -0.39 is 4.92 Å². The van der Waals surface area contributed by atoms with Crippen LogP contribution < -0.4 is 5.73 Å². The van der Waals surface area contributed by atoms with Crippen LogP contribution in [0.3, 0.4) is 0 Å². The predicted octanol–water partition coefficient (Wildman–Crippen LogP) is 4.06. The highest BCUT2D eigenvalue weighted by atomic mass is 79.9. The van der Waals surface area contributed by atoms with Gasteiger partial charge in [-0.05, 0) is 12.5 Å². The predicted molar refractivity (Wildman–Crippen MR) is 80.8 cm³/mol. The highest BCUT2D eigenvalue weighted by Crippen LogP contribution is 2.37. The zero-order valence-corrected chi connectivity index (χ0v) is 13.0. The van der Waals surface area contributed by atoms with Crippen LogP contribution in [-0.4, -0.2) is 10.0 Å². The second-order valence-electron chi connectivity index (χ2n) is 4.22. The summed E-state index contributed by atoms with van der Waals surface area (Å²) in [5.41, 5.74) is 6.08. The summed E-state index contributed by atoms with van der Waals surface area (Å²) in [6.45, 7) is 2.09. The molecule has 0 heterocycles. The van der Waals surface area contributed by atoms with E-state index in [4.69, 9.17) is 5.73 Å². The number of nitro benzene ring substituents is 1. The standard InChI is InChI=1S/C12H17BrN2O3.ClH/c1-2-3-4-5-10(14)9-6-8(13)7-11(12(9)16)15(17)18;/h6-7,10,16H,2-5,14H2,1H3;1H/t10-;/m1./s1. The summed E-state index contributed by atoms with van der Waals surface area (Å²) in [5, 5.41) is 20.7. The summed E-state index contributed by atoms with van der Waals surface area (Å²) in [5.74, 6) is -0.327. The lowest BCUT2D eigenvalue weighted by molar-refractivity contribution is -0.386. The molecule has 1 aromatic carbocycles. The number of nitro groups is 1. The zero-order valence-electron chi connectivity index (χ0n) is 10.6. The number of aromatic hydroxyl groups is 1. The Morgan fingerprint density at radius 3 is 2.63 bits per heavy atom. The third kappa shape index (κ3) is 4.97. The van der Waals surface area contributed by atoms with Crippen molar-refractivity contribution in [3.05, 3.63) is 32.3 Å². The van der Waals surface area contributed by atoms with Crippen molar-refractivity contribution >= 4 is 34.0 Å². The van der Waals surface area contributed by atoms with Crippen LogP contribution in [-0.2, 0) is 0 Å². The fraction of sp³-hybridized carbons (Fsp3) is 0.500. The minimum Gasteiger partial charge on any atom is -0.502 e. The minimum atomic E-state index is -0.609. The van der Waals surface area contributed by atoms with Gasteiger partial charge in [0.25, 0.3) is 0 Å². The minimum absolute atomic E-state index is 0. The normalized spacial score (nSPS) is 11.7. The maximum absolute atomic E-state index is 10.8. The molecule has 1 aromatic rings. The first-order valence-electron chi connectivity index (χ1n) is 5.89. The summed E-state index contributed by atoms with van der Waals surface area (Å²) in [6.07, 6.45) is 3.79. The molecular formula is C12H18BrClN2O3. The molecule has 0 aliphatic carbocycles. The van der Waals surface area contributed by atoms with Crippen LogP contribution >= 0.6 is 28.3 Å². The molecule has 5 nitrogen and oxygen atoms in total. The average Bonchev–Trinajstić information content (AvgIpc) is 2.31. The summed E-state index contributed by atoms with van der Waals surface area (Å²) in [6, 6.07) is 2.53. The topological polar surface area (TPSA) is 89.4 Å². The molecule has 19 heavy (non-hydrogen) atoms. The van der Waals surface area contributed by atoms with Crippen LogP contribution in [0, 0.1) is 10.1 Å². The Balaban J connectivity index is 0.00000324. The number of nitrogens with zero attached hydrogens (tertiary/aromatic N) is 1.